The van der Waals surface area contributed by atoms with Crippen LogP contribution in [0, 0.1) is 0 Å². The number of amides is 1. The molecule has 0 aliphatic heterocycles. The second kappa shape index (κ2) is 8.19. The number of carbonyl (C=O) groups excluding carboxylic acids is 2. The van der Waals surface area contributed by atoms with Crippen molar-refractivity contribution >= 4 is 29.2 Å². The Labute approximate surface area is 139 Å². The molecule has 0 saturated carbocycles. The third kappa shape index (κ3) is 5.30. The second-order valence-corrected chi connectivity index (χ2v) is 5.03. The normalized spacial score (nSPS) is 10.0. The van der Waals surface area contributed by atoms with Crippen LogP contribution in [-0.4, -0.2) is 25.1 Å². The van der Waals surface area contributed by atoms with Crippen molar-refractivity contribution in [3.8, 4) is 5.75 Å². The zero-order valence-corrected chi connectivity index (χ0v) is 13.3. The molecule has 0 fully saturated rings. The highest BCUT2D eigenvalue weighted by Crippen LogP contribution is 2.16. The van der Waals surface area contributed by atoms with E-state index in [-0.39, 0.29) is 12.5 Å². The van der Waals surface area contributed by atoms with Crippen molar-refractivity contribution in [2.24, 2.45) is 0 Å². The van der Waals surface area contributed by atoms with E-state index in [1.54, 1.807) is 55.5 Å². The molecule has 120 valence electrons. The summed E-state index contributed by atoms with van der Waals surface area (Å²) < 4.78 is 10.3. The molecule has 0 aliphatic carbocycles. The minimum atomic E-state index is -0.430. The van der Waals surface area contributed by atoms with E-state index in [0.717, 1.165) is 0 Å². The van der Waals surface area contributed by atoms with E-state index in [4.69, 9.17) is 21.1 Å². The van der Waals surface area contributed by atoms with Crippen molar-refractivity contribution in [3.05, 3.63) is 59.1 Å². The van der Waals surface area contributed by atoms with Gasteiger partial charge in [0.05, 0.1) is 12.2 Å². The van der Waals surface area contributed by atoms with Crippen molar-refractivity contribution < 1.29 is 19.1 Å². The Morgan fingerprint density at radius 2 is 1.87 bits per heavy atom. The van der Waals surface area contributed by atoms with Crippen molar-refractivity contribution in [2.45, 2.75) is 6.92 Å². The van der Waals surface area contributed by atoms with E-state index < -0.39 is 5.97 Å². The number of ether oxygens (including phenoxy) is 2. The Bertz CT molecular complexity index is 685. The lowest BCUT2D eigenvalue weighted by molar-refractivity contribution is -0.118. The summed E-state index contributed by atoms with van der Waals surface area (Å²) in [5.41, 5.74) is 0.878. The molecule has 6 heteroatoms. The smallest absolute Gasteiger partial charge is 0.338 e. The number of hydrogen-bond donors (Lipinski definition) is 1. The molecule has 0 atom stereocenters. The van der Waals surface area contributed by atoms with Gasteiger partial charge in [0, 0.05) is 10.7 Å². The van der Waals surface area contributed by atoms with Gasteiger partial charge in [0.2, 0.25) is 0 Å². The molecule has 0 heterocycles. The SMILES string of the molecule is CCOC(=O)c1cccc(NC(=O)COc2ccc(Cl)cc2)c1. The number of hydrogen-bond acceptors (Lipinski definition) is 4. The maximum Gasteiger partial charge on any atom is 0.338 e. The van der Waals surface area contributed by atoms with Crippen molar-refractivity contribution in [3.63, 3.8) is 0 Å². The Hall–Kier alpha value is -2.53. The predicted octanol–water partition coefficient (Wildman–Crippen LogP) is 3.53. The first-order valence-corrected chi connectivity index (χ1v) is 7.41. The molecule has 0 unspecified atom stereocenters. The minimum absolute atomic E-state index is 0.148. The first kappa shape index (κ1) is 16.8. The van der Waals surface area contributed by atoms with E-state index in [1.807, 2.05) is 0 Å². The molecule has 0 bridgehead atoms. The number of carbonyl (C=O) groups is 2. The summed E-state index contributed by atoms with van der Waals surface area (Å²) in [6, 6.07) is 13.2. The van der Waals surface area contributed by atoms with Crippen LogP contribution in [0.3, 0.4) is 0 Å². The fraction of sp³-hybridized carbons (Fsp3) is 0.176. The number of anilines is 1. The van der Waals surface area contributed by atoms with Gasteiger partial charge in [-0.3, -0.25) is 4.79 Å². The first-order chi connectivity index (χ1) is 11.1. The van der Waals surface area contributed by atoms with Crippen LogP contribution in [0.4, 0.5) is 5.69 Å². The highest BCUT2D eigenvalue weighted by Gasteiger charge is 2.09. The van der Waals surface area contributed by atoms with Crippen LogP contribution in [-0.2, 0) is 9.53 Å². The van der Waals surface area contributed by atoms with Crippen LogP contribution in [0.25, 0.3) is 0 Å². The van der Waals surface area contributed by atoms with Crippen LogP contribution >= 0.6 is 11.6 Å². The van der Waals surface area contributed by atoms with E-state index in [9.17, 15) is 9.59 Å². The number of esters is 1. The van der Waals surface area contributed by atoms with E-state index in [2.05, 4.69) is 5.32 Å². The Morgan fingerprint density at radius 1 is 1.13 bits per heavy atom. The zero-order valence-electron chi connectivity index (χ0n) is 12.5. The summed E-state index contributed by atoms with van der Waals surface area (Å²) in [5.74, 6) is -0.216. The summed E-state index contributed by atoms with van der Waals surface area (Å²) >= 11 is 5.77. The van der Waals surface area contributed by atoms with Crippen molar-refractivity contribution in [1.29, 1.82) is 0 Å². The number of halogens is 1. The van der Waals surface area contributed by atoms with Crippen LogP contribution in [0.2, 0.25) is 5.02 Å². The van der Waals surface area contributed by atoms with Crippen molar-refractivity contribution in [1.82, 2.24) is 0 Å². The highest BCUT2D eigenvalue weighted by atomic mass is 35.5. The van der Waals surface area contributed by atoms with Gasteiger partial charge < -0.3 is 14.8 Å². The Morgan fingerprint density at radius 3 is 2.57 bits per heavy atom. The maximum atomic E-state index is 11.9. The monoisotopic (exact) mass is 333 g/mol. The van der Waals surface area contributed by atoms with Crippen LogP contribution in [0.5, 0.6) is 5.75 Å². The van der Waals surface area contributed by atoms with Gasteiger partial charge in [0.15, 0.2) is 6.61 Å². The summed E-state index contributed by atoms with van der Waals surface area (Å²) in [5, 5.41) is 3.26. The highest BCUT2D eigenvalue weighted by molar-refractivity contribution is 6.30. The molecule has 2 aromatic carbocycles. The van der Waals surface area contributed by atoms with E-state index in [0.29, 0.717) is 28.6 Å². The summed E-state index contributed by atoms with van der Waals surface area (Å²) in [6.45, 7) is 1.88. The lowest BCUT2D eigenvalue weighted by Gasteiger charge is -2.09. The largest absolute Gasteiger partial charge is 0.484 e. The lowest BCUT2D eigenvalue weighted by atomic mass is 10.2. The Balaban J connectivity index is 1.91. The second-order valence-electron chi connectivity index (χ2n) is 4.59. The van der Waals surface area contributed by atoms with Crippen LogP contribution in [0.1, 0.15) is 17.3 Å². The van der Waals surface area contributed by atoms with Gasteiger partial charge in [0.1, 0.15) is 5.75 Å². The molecule has 0 radical (unpaired) electrons. The third-order valence-electron chi connectivity index (χ3n) is 2.84. The van der Waals surface area contributed by atoms with E-state index >= 15 is 0 Å². The molecule has 1 N–H and O–H groups in total. The number of rotatable bonds is 6. The average molecular weight is 334 g/mol. The molecular formula is C17H16ClNO4. The predicted molar refractivity (Wildman–Crippen MR) is 88.0 cm³/mol. The topological polar surface area (TPSA) is 64.6 Å². The van der Waals surface area contributed by atoms with Gasteiger partial charge in [-0.25, -0.2) is 4.79 Å². The van der Waals surface area contributed by atoms with Gasteiger partial charge in [-0.05, 0) is 49.4 Å². The molecule has 23 heavy (non-hydrogen) atoms. The molecule has 2 rings (SSSR count). The maximum absolute atomic E-state index is 11.9. The van der Waals surface area contributed by atoms with Gasteiger partial charge in [-0.2, -0.15) is 0 Å². The summed E-state index contributed by atoms with van der Waals surface area (Å²) in [6.07, 6.45) is 0. The van der Waals surface area contributed by atoms with Gasteiger partial charge in [-0.15, -0.1) is 0 Å². The quantitative estimate of drug-likeness (QED) is 0.821. The summed E-state index contributed by atoms with van der Waals surface area (Å²) in [4.78, 5) is 23.5. The lowest BCUT2D eigenvalue weighted by Crippen LogP contribution is -2.20. The molecule has 0 aromatic heterocycles. The molecule has 1 amide bonds. The molecule has 0 aliphatic rings. The fourth-order valence-corrected chi connectivity index (χ4v) is 1.94. The van der Waals surface area contributed by atoms with Crippen LogP contribution < -0.4 is 10.1 Å². The van der Waals surface area contributed by atoms with Crippen LogP contribution in [0.15, 0.2) is 48.5 Å². The number of benzene rings is 2. The molecule has 5 nitrogen and oxygen atoms in total. The van der Waals surface area contributed by atoms with E-state index in [1.165, 1.54) is 0 Å². The van der Waals surface area contributed by atoms with Gasteiger partial charge >= 0.3 is 5.97 Å². The fourth-order valence-electron chi connectivity index (χ4n) is 1.82. The third-order valence-corrected chi connectivity index (χ3v) is 3.09. The molecular weight excluding hydrogens is 318 g/mol. The first-order valence-electron chi connectivity index (χ1n) is 7.04. The zero-order chi connectivity index (χ0) is 16.7. The molecule has 0 saturated heterocycles. The summed E-state index contributed by atoms with van der Waals surface area (Å²) in [7, 11) is 0. The molecule has 0 spiro atoms. The van der Waals surface area contributed by atoms with Gasteiger partial charge in [-0.1, -0.05) is 17.7 Å². The standard InChI is InChI=1S/C17H16ClNO4/c1-2-22-17(21)12-4-3-5-14(10-12)19-16(20)11-23-15-8-6-13(18)7-9-15/h3-10H,2,11H2,1H3,(H,19,20). The minimum Gasteiger partial charge on any atom is -0.484 e. The Kier molecular flexibility index (Phi) is 6.00. The van der Waals surface area contributed by atoms with Crippen molar-refractivity contribution in [2.75, 3.05) is 18.5 Å². The number of nitrogens with one attached hydrogen (secondary N) is 1. The van der Waals surface area contributed by atoms with Gasteiger partial charge in [0.25, 0.3) is 5.91 Å². The average Bonchev–Trinajstić information content (AvgIpc) is 2.55. The molecule has 2 aromatic rings.